The van der Waals surface area contributed by atoms with Crippen LogP contribution in [0.15, 0.2) is 24.3 Å². The van der Waals surface area contributed by atoms with Gasteiger partial charge in [0.25, 0.3) is 0 Å². The molecule has 1 saturated heterocycles. The van der Waals surface area contributed by atoms with Gasteiger partial charge < -0.3 is 14.8 Å². The van der Waals surface area contributed by atoms with Crippen molar-refractivity contribution in [3.8, 4) is 11.5 Å². The minimum absolute atomic E-state index is 0.0626. The van der Waals surface area contributed by atoms with Crippen LogP contribution in [0.1, 0.15) is 32.6 Å². The van der Waals surface area contributed by atoms with Crippen molar-refractivity contribution in [3.63, 3.8) is 0 Å². The molecule has 1 aromatic rings. The van der Waals surface area contributed by atoms with E-state index in [4.69, 9.17) is 9.47 Å². The summed E-state index contributed by atoms with van der Waals surface area (Å²) < 4.78 is 11.8. The van der Waals surface area contributed by atoms with E-state index in [1.165, 1.54) is 4.90 Å². The van der Waals surface area contributed by atoms with Gasteiger partial charge in [0.15, 0.2) is 17.1 Å². The number of nitrogens with zero attached hydrogens (tertiary/aromatic N) is 1. The highest BCUT2D eigenvalue weighted by molar-refractivity contribution is 6.00. The summed E-state index contributed by atoms with van der Waals surface area (Å²) in [6, 6.07) is 7.11. The first-order chi connectivity index (χ1) is 11.5. The monoisotopic (exact) mass is 330 g/mol. The summed E-state index contributed by atoms with van der Waals surface area (Å²) in [5.74, 6) is 1.27. The number of benzene rings is 1. The van der Waals surface area contributed by atoms with Crippen molar-refractivity contribution in [3.05, 3.63) is 24.3 Å². The third-order valence-electron chi connectivity index (χ3n) is 5.31. The first-order valence-corrected chi connectivity index (χ1v) is 8.52. The molecule has 2 fully saturated rings. The number of para-hydroxylation sites is 2. The molecule has 2 aliphatic heterocycles. The molecule has 1 unspecified atom stereocenters. The van der Waals surface area contributed by atoms with Gasteiger partial charge in [0, 0.05) is 6.54 Å². The number of imide groups is 1. The van der Waals surface area contributed by atoms with Crippen molar-refractivity contribution in [1.82, 2.24) is 10.2 Å². The van der Waals surface area contributed by atoms with E-state index in [2.05, 4.69) is 5.32 Å². The first-order valence-electron chi connectivity index (χ1n) is 8.52. The maximum absolute atomic E-state index is 13.0. The Balaban J connectivity index is 1.55. The van der Waals surface area contributed by atoms with Crippen LogP contribution < -0.4 is 14.8 Å². The van der Waals surface area contributed by atoms with Gasteiger partial charge in [0.05, 0.1) is 12.0 Å². The van der Waals surface area contributed by atoms with Gasteiger partial charge in [-0.2, -0.15) is 0 Å². The fraction of sp³-hybridized carbons (Fsp3) is 0.556. The molecule has 0 radical (unpaired) electrons. The van der Waals surface area contributed by atoms with Gasteiger partial charge in [0.1, 0.15) is 6.61 Å². The SMILES string of the molecule is CC1(CN2C(=O)NCC3(CCCC3)C2=O)COc2ccccc2O1. The van der Waals surface area contributed by atoms with Crippen LogP contribution in [0.5, 0.6) is 11.5 Å². The number of hydrogen-bond donors (Lipinski definition) is 1. The zero-order chi connectivity index (χ0) is 16.8. The van der Waals surface area contributed by atoms with Gasteiger partial charge in [0.2, 0.25) is 5.91 Å². The molecule has 1 atom stereocenters. The lowest BCUT2D eigenvalue weighted by molar-refractivity contribution is -0.143. The normalized spacial score (nSPS) is 28.1. The van der Waals surface area contributed by atoms with Crippen molar-refractivity contribution >= 4 is 11.9 Å². The molecule has 3 amide bonds. The van der Waals surface area contributed by atoms with Crippen molar-refractivity contribution < 1.29 is 19.1 Å². The highest BCUT2D eigenvalue weighted by atomic mass is 16.6. The fourth-order valence-electron chi connectivity index (χ4n) is 3.97. The second-order valence-corrected chi connectivity index (χ2v) is 7.32. The second kappa shape index (κ2) is 5.40. The number of hydrogen-bond acceptors (Lipinski definition) is 4. The maximum atomic E-state index is 13.0. The van der Waals surface area contributed by atoms with Gasteiger partial charge in [-0.1, -0.05) is 25.0 Å². The molecule has 0 bridgehead atoms. The molecule has 3 aliphatic rings. The zero-order valence-electron chi connectivity index (χ0n) is 13.8. The quantitative estimate of drug-likeness (QED) is 0.904. The Kier molecular flexibility index (Phi) is 3.44. The largest absolute Gasteiger partial charge is 0.485 e. The van der Waals surface area contributed by atoms with E-state index in [9.17, 15) is 9.59 Å². The number of ether oxygens (including phenoxy) is 2. The number of urea groups is 1. The van der Waals surface area contributed by atoms with Crippen LogP contribution in [-0.4, -0.2) is 42.1 Å². The summed E-state index contributed by atoms with van der Waals surface area (Å²) in [6.45, 7) is 2.82. The van der Waals surface area contributed by atoms with Gasteiger partial charge in [-0.3, -0.25) is 9.69 Å². The van der Waals surface area contributed by atoms with Gasteiger partial charge in [-0.05, 0) is 31.9 Å². The molecule has 4 rings (SSSR count). The Morgan fingerprint density at radius 3 is 2.62 bits per heavy atom. The molecule has 24 heavy (non-hydrogen) atoms. The molecule has 1 aromatic carbocycles. The van der Waals surface area contributed by atoms with Gasteiger partial charge in [-0.15, -0.1) is 0 Å². The van der Waals surface area contributed by atoms with E-state index in [1.807, 2.05) is 31.2 Å². The minimum Gasteiger partial charge on any atom is -0.485 e. The summed E-state index contributed by atoms with van der Waals surface area (Å²) in [6.07, 6.45) is 3.78. The molecule has 1 aliphatic carbocycles. The molecule has 6 heteroatoms. The van der Waals surface area contributed by atoms with Crippen LogP contribution in [0.2, 0.25) is 0 Å². The third kappa shape index (κ3) is 2.41. The molecular weight excluding hydrogens is 308 g/mol. The molecule has 1 saturated carbocycles. The zero-order valence-corrected chi connectivity index (χ0v) is 13.8. The predicted octanol–water partition coefficient (Wildman–Crippen LogP) is 2.33. The number of amides is 3. The fourth-order valence-corrected chi connectivity index (χ4v) is 3.97. The van der Waals surface area contributed by atoms with Crippen LogP contribution >= 0.6 is 0 Å². The third-order valence-corrected chi connectivity index (χ3v) is 5.31. The van der Waals surface area contributed by atoms with E-state index in [-0.39, 0.29) is 18.5 Å². The number of nitrogens with one attached hydrogen (secondary N) is 1. The lowest BCUT2D eigenvalue weighted by Crippen LogP contribution is -2.64. The van der Waals surface area contributed by atoms with E-state index in [0.29, 0.717) is 24.7 Å². The Bertz CT molecular complexity index is 683. The average Bonchev–Trinajstić information content (AvgIpc) is 3.05. The van der Waals surface area contributed by atoms with Crippen molar-refractivity contribution in [2.45, 2.75) is 38.2 Å². The number of carbonyl (C=O) groups is 2. The lowest BCUT2D eigenvalue weighted by Gasteiger charge is -2.43. The summed E-state index contributed by atoms with van der Waals surface area (Å²) in [5, 5.41) is 2.89. The van der Waals surface area contributed by atoms with Crippen molar-refractivity contribution in [1.29, 1.82) is 0 Å². The van der Waals surface area contributed by atoms with Gasteiger partial charge >= 0.3 is 6.03 Å². The lowest BCUT2D eigenvalue weighted by atomic mass is 9.82. The Labute approximate surface area is 141 Å². The van der Waals surface area contributed by atoms with E-state index >= 15 is 0 Å². The van der Waals surface area contributed by atoms with Gasteiger partial charge in [-0.25, -0.2) is 4.79 Å². The smallest absolute Gasteiger partial charge is 0.324 e. The Hall–Kier alpha value is -2.24. The number of carbonyl (C=O) groups excluding carboxylic acids is 2. The molecule has 128 valence electrons. The Morgan fingerprint density at radius 2 is 1.88 bits per heavy atom. The standard InChI is InChI=1S/C18H22N2O4/c1-17(12-23-13-6-2-3-7-14(13)24-17)11-20-15(21)18(8-4-5-9-18)10-19-16(20)22/h2-3,6-7H,4-5,8-12H2,1H3,(H,19,22). The van der Waals surface area contributed by atoms with Crippen LogP contribution in [0, 0.1) is 5.41 Å². The highest BCUT2D eigenvalue weighted by Crippen LogP contribution is 2.42. The topological polar surface area (TPSA) is 67.9 Å². The highest BCUT2D eigenvalue weighted by Gasteiger charge is 2.50. The summed E-state index contributed by atoms with van der Waals surface area (Å²) >= 11 is 0. The maximum Gasteiger partial charge on any atom is 0.324 e. The molecule has 1 spiro atoms. The van der Waals surface area contributed by atoms with E-state index in [0.717, 1.165) is 25.7 Å². The Morgan fingerprint density at radius 1 is 1.17 bits per heavy atom. The van der Waals surface area contributed by atoms with Crippen LogP contribution in [0.25, 0.3) is 0 Å². The first kappa shape index (κ1) is 15.3. The molecular formula is C18H22N2O4. The molecule has 2 heterocycles. The minimum atomic E-state index is -0.752. The molecule has 1 N–H and O–H groups in total. The van der Waals surface area contributed by atoms with Crippen LogP contribution in [0.3, 0.4) is 0 Å². The average molecular weight is 330 g/mol. The second-order valence-electron chi connectivity index (χ2n) is 7.32. The van der Waals surface area contributed by atoms with Crippen molar-refractivity contribution in [2.24, 2.45) is 5.41 Å². The predicted molar refractivity (Wildman–Crippen MR) is 87.0 cm³/mol. The summed E-state index contributed by atoms with van der Waals surface area (Å²) in [5.41, 5.74) is -1.17. The number of fused-ring (bicyclic) bond motifs is 1. The molecule has 0 aromatic heterocycles. The summed E-state index contributed by atoms with van der Waals surface area (Å²) in [7, 11) is 0. The van der Waals surface area contributed by atoms with Crippen molar-refractivity contribution in [2.75, 3.05) is 19.7 Å². The molecule has 6 nitrogen and oxygen atoms in total. The van der Waals surface area contributed by atoms with E-state index < -0.39 is 11.0 Å². The number of rotatable bonds is 2. The van der Waals surface area contributed by atoms with Crippen LogP contribution in [0.4, 0.5) is 4.79 Å². The van der Waals surface area contributed by atoms with Crippen LogP contribution in [-0.2, 0) is 4.79 Å². The summed E-state index contributed by atoms with van der Waals surface area (Å²) in [4.78, 5) is 26.6. The van der Waals surface area contributed by atoms with E-state index in [1.54, 1.807) is 0 Å².